The minimum Gasteiger partial charge on any atom is -0.507 e. The molecule has 0 spiro atoms. The fourth-order valence-electron chi connectivity index (χ4n) is 3.56. The van der Waals surface area contributed by atoms with E-state index in [4.69, 9.17) is 0 Å². The molecular formula is C19H23N3O2. The second kappa shape index (κ2) is 6.15. The molecule has 0 aliphatic heterocycles. The van der Waals surface area contributed by atoms with Crippen molar-refractivity contribution in [1.82, 2.24) is 14.8 Å². The molecule has 0 fully saturated rings. The van der Waals surface area contributed by atoms with Crippen LogP contribution in [0.1, 0.15) is 38.2 Å². The van der Waals surface area contributed by atoms with E-state index in [1.165, 1.54) is 11.9 Å². The Balaban J connectivity index is 2.10. The molecule has 0 amide bonds. The van der Waals surface area contributed by atoms with Gasteiger partial charge in [0.15, 0.2) is 5.82 Å². The van der Waals surface area contributed by atoms with Crippen LogP contribution in [0.15, 0.2) is 42.3 Å². The van der Waals surface area contributed by atoms with Crippen LogP contribution in [-0.4, -0.2) is 25.0 Å². The van der Waals surface area contributed by atoms with Gasteiger partial charge in [0.05, 0.1) is 0 Å². The van der Waals surface area contributed by atoms with Gasteiger partial charge in [0.25, 0.3) is 0 Å². The van der Waals surface area contributed by atoms with Crippen molar-refractivity contribution in [3.63, 3.8) is 0 Å². The topological polar surface area (TPSA) is 71.2 Å². The Hall–Kier alpha value is -2.56. The number of aryl methyl sites for hydroxylation is 1. The van der Waals surface area contributed by atoms with Crippen LogP contribution in [-0.2, 0) is 7.05 Å². The average molecular weight is 325 g/mol. The molecule has 5 nitrogen and oxygen atoms in total. The number of hydrogen-bond acceptors (Lipinski definition) is 4. The Morgan fingerprint density at radius 3 is 2.50 bits per heavy atom. The van der Waals surface area contributed by atoms with E-state index >= 15 is 0 Å². The number of phenolic OH excluding ortho intramolecular Hbond substituents is 2. The number of rotatable bonds is 3. The number of nitrogens with zero attached hydrogens (tertiary/aromatic N) is 3. The number of benzene rings is 1. The number of allylic oxidation sites excluding steroid dienone is 3. The molecule has 0 saturated heterocycles. The summed E-state index contributed by atoms with van der Waals surface area (Å²) >= 11 is 0. The molecular weight excluding hydrogens is 302 g/mol. The summed E-state index contributed by atoms with van der Waals surface area (Å²) in [5.74, 6) is 0.903. The summed E-state index contributed by atoms with van der Waals surface area (Å²) < 4.78 is 1.61. The normalized spacial score (nSPS) is 20.7. The van der Waals surface area contributed by atoms with E-state index in [0.29, 0.717) is 17.0 Å². The Bertz CT molecular complexity index is 797. The van der Waals surface area contributed by atoms with Crippen LogP contribution in [0.3, 0.4) is 0 Å². The van der Waals surface area contributed by atoms with Gasteiger partial charge in [-0.05, 0) is 44.7 Å². The quantitative estimate of drug-likeness (QED) is 0.839. The van der Waals surface area contributed by atoms with Crippen LogP contribution in [0.5, 0.6) is 11.5 Å². The molecule has 1 heterocycles. The molecule has 0 bridgehead atoms. The van der Waals surface area contributed by atoms with Gasteiger partial charge in [-0.15, -0.1) is 0 Å². The summed E-state index contributed by atoms with van der Waals surface area (Å²) in [5.41, 5.74) is 3.54. The smallest absolute Gasteiger partial charge is 0.158 e. The second-order valence-corrected chi connectivity index (χ2v) is 6.67. The van der Waals surface area contributed by atoms with Crippen molar-refractivity contribution in [3.05, 3.63) is 47.8 Å². The van der Waals surface area contributed by atoms with E-state index in [1.54, 1.807) is 23.9 Å². The first-order valence-corrected chi connectivity index (χ1v) is 8.11. The molecule has 1 aliphatic carbocycles. The average Bonchev–Trinajstić information content (AvgIpc) is 2.92. The van der Waals surface area contributed by atoms with Crippen LogP contribution in [0, 0.1) is 5.92 Å². The van der Waals surface area contributed by atoms with Crippen molar-refractivity contribution in [2.75, 3.05) is 0 Å². The first-order chi connectivity index (χ1) is 11.4. The fraction of sp³-hybridized carbons (Fsp3) is 0.368. The third-order valence-corrected chi connectivity index (χ3v) is 4.82. The summed E-state index contributed by atoms with van der Waals surface area (Å²) in [6.07, 6.45) is 5.58. The summed E-state index contributed by atoms with van der Waals surface area (Å²) in [6, 6.07) is 3.29. The number of phenols is 2. The van der Waals surface area contributed by atoms with E-state index in [1.807, 2.05) is 6.92 Å². The first kappa shape index (κ1) is 16.3. The number of hydrogen-bond donors (Lipinski definition) is 2. The van der Waals surface area contributed by atoms with Crippen molar-refractivity contribution in [2.45, 2.75) is 32.6 Å². The van der Waals surface area contributed by atoms with E-state index in [9.17, 15) is 10.2 Å². The molecule has 0 unspecified atom stereocenters. The van der Waals surface area contributed by atoms with Gasteiger partial charge in [0, 0.05) is 24.1 Å². The van der Waals surface area contributed by atoms with Gasteiger partial charge in [-0.3, -0.25) is 0 Å². The largest absolute Gasteiger partial charge is 0.507 e. The first-order valence-electron chi connectivity index (χ1n) is 8.11. The van der Waals surface area contributed by atoms with Gasteiger partial charge in [-0.2, -0.15) is 5.10 Å². The predicted molar refractivity (Wildman–Crippen MR) is 93.8 cm³/mol. The highest BCUT2D eigenvalue weighted by atomic mass is 16.3. The van der Waals surface area contributed by atoms with Crippen LogP contribution in [0.4, 0.5) is 0 Å². The minimum atomic E-state index is -0.0650. The maximum atomic E-state index is 10.6. The third-order valence-electron chi connectivity index (χ3n) is 4.82. The number of aromatic nitrogens is 3. The lowest BCUT2D eigenvalue weighted by Crippen LogP contribution is -2.17. The van der Waals surface area contributed by atoms with Gasteiger partial charge < -0.3 is 10.2 Å². The lowest BCUT2D eigenvalue weighted by atomic mass is 9.73. The van der Waals surface area contributed by atoms with Crippen LogP contribution in [0.25, 0.3) is 11.4 Å². The molecule has 24 heavy (non-hydrogen) atoms. The second-order valence-electron chi connectivity index (χ2n) is 6.67. The lowest BCUT2D eigenvalue weighted by molar-refractivity contribution is 0.407. The van der Waals surface area contributed by atoms with Gasteiger partial charge in [-0.25, -0.2) is 9.67 Å². The van der Waals surface area contributed by atoms with E-state index < -0.39 is 0 Å². The SMILES string of the molecule is C=C(C)[C@@H]1CCC(C)=C[C@H]1c1c(O)cc(-c2ncnn2C)cc1O. The van der Waals surface area contributed by atoms with Gasteiger partial charge >= 0.3 is 0 Å². The standard InChI is InChI=1S/C19H23N3O2/c1-11(2)14-6-5-12(3)7-15(14)18-16(23)8-13(9-17(18)24)19-20-10-21-22(19)4/h7-10,14-15,23-24H,1,5-6H2,2-4H3/t14-,15+/m0/s1. The Kier molecular flexibility index (Phi) is 4.18. The molecule has 0 radical (unpaired) electrons. The van der Waals surface area contributed by atoms with Crippen molar-refractivity contribution < 1.29 is 10.2 Å². The molecule has 1 aromatic carbocycles. The lowest BCUT2D eigenvalue weighted by Gasteiger charge is -2.31. The predicted octanol–water partition coefficient (Wildman–Crippen LogP) is 3.91. The van der Waals surface area contributed by atoms with Crippen molar-refractivity contribution in [2.24, 2.45) is 13.0 Å². The van der Waals surface area contributed by atoms with Crippen molar-refractivity contribution in [3.8, 4) is 22.9 Å². The van der Waals surface area contributed by atoms with Crippen molar-refractivity contribution in [1.29, 1.82) is 0 Å². The van der Waals surface area contributed by atoms with E-state index in [-0.39, 0.29) is 23.3 Å². The highest BCUT2D eigenvalue weighted by molar-refractivity contribution is 5.65. The molecule has 2 N–H and O–H groups in total. The molecule has 1 aromatic heterocycles. The Morgan fingerprint density at radius 2 is 1.96 bits per heavy atom. The molecule has 0 saturated carbocycles. The Morgan fingerprint density at radius 1 is 1.29 bits per heavy atom. The molecule has 2 aromatic rings. The zero-order valence-corrected chi connectivity index (χ0v) is 14.3. The maximum Gasteiger partial charge on any atom is 0.158 e. The van der Waals surface area contributed by atoms with Gasteiger partial charge in [0.1, 0.15) is 17.8 Å². The third kappa shape index (κ3) is 2.82. The molecule has 1 aliphatic rings. The van der Waals surface area contributed by atoms with Crippen LogP contribution >= 0.6 is 0 Å². The van der Waals surface area contributed by atoms with Crippen LogP contribution < -0.4 is 0 Å². The van der Waals surface area contributed by atoms with E-state index in [2.05, 4.69) is 29.7 Å². The monoisotopic (exact) mass is 325 g/mol. The molecule has 5 heteroatoms. The highest BCUT2D eigenvalue weighted by Crippen LogP contribution is 2.47. The molecule has 126 valence electrons. The zero-order valence-electron chi connectivity index (χ0n) is 14.3. The van der Waals surface area contributed by atoms with Gasteiger partial charge in [-0.1, -0.05) is 23.8 Å². The minimum absolute atomic E-state index is 0.0650. The summed E-state index contributed by atoms with van der Waals surface area (Å²) in [4.78, 5) is 4.17. The summed E-state index contributed by atoms with van der Waals surface area (Å²) in [5, 5.41) is 25.3. The zero-order chi connectivity index (χ0) is 17.4. The van der Waals surface area contributed by atoms with Gasteiger partial charge in [0.2, 0.25) is 0 Å². The summed E-state index contributed by atoms with van der Waals surface area (Å²) in [7, 11) is 1.77. The Labute approximate surface area is 142 Å². The summed E-state index contributed by atoms with van der Waals surface area (Å²) in [6.45, 7) is 8.19. The van der Waals surface area contributed by atoms with E-state index in [0.717, 1.165) is 18.4 Å². The van der Waals surface area contributed by atoms with Crippen molar-refractivity contribution >= 4 is 0 Å². The molecule has 2 atom stereocenters. The van der Waals surface area contributed by atoms with Crippen LogP contribution in [0.2, 0.25) is 0 Å². The maximum absolute atomic E-state index is 10.6. The molecule has 3 rings (SSSR count). The fourth-order valence-corrected chi connectivity index (χ4v) is 3.56. The highest BCUT2D eigenvalue weighted by Gasteiger charge is 2.30. The number of aromatic hydroxyl groups is 2.